The van der Waals surface area contributed by atoms with Crippen LogP contribution in [-0.4, -0.2) is 56.5 Å². The van der Waals surface area contributed by atoms with Gasteiger partial charge in [-0.05, 0) is 57.2 Å². The minimum atomic E-state index is -1.73. The van der Waals surface area contributed by atoms with Gasteiger partial charge in [0.15, 0.2) is 14.6 Å². The summed E-state index contributed by atoms with van der Waals surface area (Å²) in [6.45, 7) is 13.4. The first-order valence-corrected chi connectivity index (χ1v) is 11.7. The zero-order valence-corrected chi connectivity index (χ0v) is 18.5. The molecule has 0 aliphatic carbocycles. The third-order valence-electron chi connectivity index (χ3n) is 4.48. The molecule has 0 bridgehead atoms. The average Bonchev–Trinajstić information content (AvgIpc) is 2.47. The number of aldehydes is 1. The van der Waals surface area contributed by atoms with Gasteiger partial charge in [0.05, 0.1) is 0 Å². The number of carbonyl (C=O) groups is 1. The molecule has 0 fully saturated rings. The summed E-state index contributed by atoms with van der Waals surface area (Å²) < 4.78 is 6.09. The Morgan fingerprint density at radius 2 is 1.88 bits per heavy atom. The van der Waals surface area contributed by atoms with Crippen LogP contribution in [-0.2, 0) is 10.8 Å². The van der Waals surface area contributed by atoms with E-state index in [9.17, 15) is 4.79 Å². The maximum atomic E-state index is 10.9. The molecule has 0 saturated carbocycles. The summed E-state index contributed by atoms with van der Waals surface area (Å²) in [4.78, 5) is 16.7. The molecule has 0 aliphatic rings. The van der Waals surface area contributed by atoms with Gasteiger partial charge in [0.1, 0.15) is 17.1 Å². The van der Waals surface area contributed by atoms with Gasteiger partial charge in [-0.25, -0.2) is 4.98 Å². The largest absolute Gasteiger partial charge is 0.416 e. The number of hydrogen-bond donors (Lipinski definition) is 1. The minimum absolute atomic E-state index is 0.193. The van der Waals surface area contributed by atoms with Crippen molar-refractivity contribution in [3.63, 3.8) is 0 Å². The van der Waals surface area contributed by atoms with E-state index in [2.05, 4.69) is 38.8 Å². The van der Waals surface area contributed by atoms with Crippen molar-refractivity contribution in [3.8, 4) is 0 Å². The molecule has 7 heteroatoms. The van der Waals surface area contributed by atoms with Crippen LogP contribution in [0.5, 0.6) is 0 Å². The number of aromatic nitrogens is 1. The molecule has 1 atom stereocenters. The predicted octanol–water partition coefficient (Wildman–Crippen LogP) is 4.00. The normalized spacial score (nSPS) is 13.2. The molecule has 0 radical (unpaired) electrons. The molecule has 5 nitrogen and oxygen atoms in total. The first kappa shape index (κ1) is 24.2. The second-order valence-corrected chi connectivity index (χ2v) is 12.9. The van der Waals surface area contributed by atoms with E-state index < -0.39 is 8.32 Å². The van der Waals surface area contributed by atoms with Crippen molar-refractivity contribution in [1.82, 2.24) is 9.88 Å². The Hall–Kier alpha value is -0.793. The zero-order valence-electron chi connectivity index (χ0n) is 16.8. The van der Waals surface area contributed by atoms with Gasteiger partial charge in [0.2, 0.25) is 0 Å². The van der Waals surface area contributed by atoms with Crippen molar-refractivity contribution in [1.29, 1.82) is 0 Å². The Morgan fingerprint density at radius 3 is 2.28 bits per heavy atom. The van der Waals surface area contributed by atoms with Gasteiger partial charge in [-0.15, -0.1) is 0 Å². The molecule has 1 unspecified atom stereocenters. The Morgan fingerprint density at radius 1 is 1.36 bits per heavy atom. The first-order valence-electron chi connectivity index (χ1n) is 8.41. The predicted molar refractivity (Wildman–Crippen MR) is 107 cm³/mol. The van der Waals surface area contributed by atoms with E-state index in [1.807, 2.05) is 20.2 Å². The Kier molecular flexibility index (Phi) is 10.0. The lowest BCUT2D eigenvalue weighted by Gasteiger charge is -2.36. The number of nitrogens with zero attached hydrogens (tertiary/aromatic N) is 2. The quantitative estimate of drug-likeness (QED) is 0.345. The number of rotatable bonds is 6. The van der Waals surface area contributed by atoms with Gasteiger partial charge >= 0.3 is 0 Å². The minimum Gasteiger partial charge on any atom is -0.416 e. The van der Waals surface area contributed by atoms with Crippen LogP contribution < -0.4 is 0 Å². The van der Waals surface area contributed by atoms with Crippen LogP contribution in [0, 0.1) is 0 Å². The summed E-state index contributed by atoms with van der Waals surface area (Å²) in [5, 5.41) is 9.09. The van der Waals surface area contributed by atoms with E-state index in [0.717, 1.165) is 11.8 Å². The third-order valence-corrected chi connectivity index (χ3v) is 9.23. The van der Waals surface area contributed by atoms with Crippen LogP contribution in [0.4, 0.5) is 0 Å². The molecule has 0 amide bonds. The van der Waals surface area contributed by atoms with Crippen LogP contribution in [0.1, 0.15) is 43.7 Å². The van der Waals surface area contributed by atoms with Gasteiger partial charge in [-0.1, -0.05) is 38.4 Å². The maximum Gasteiger partial charge on any atom is 0.191 e. The van der Waals surface area contributed by atoms with E-state index in [1.165, 1.54) is 0 Å². The van der Waals surface area contributed by atoms with Crippen molar-refractivity contribution < 1.29 is 14.3 Å². The second kappa shape index (κ2) is 10.4. The molecule has 1 N–H and O–H groups in total. The summed E-state index contributed by atoms with van der Waals surface area (Å²) in [6.07, 6.45) is 1.11. The number of pyridine rings is 1. The van der Waals surface area contributed by atoms with Crippen molar-refractivity contribution >= 4 is 26.2 Å². The molecular weight excluding hydrogens is 356 g/mol. The standard InChI is InChI=1S/C14H22ClNO2Si.C4H11NO/c1-14(2,3)19(4,5)18-9-8-11-6-7-13(15)16-12(11)10-17;1-4(6)5(2)3/h6-7,10H,8-9H2,1-5H3;4,6H,1-3H3. The Bertz CT molecular complexity index is 538. The fraction of sp³-hybridized carbons (Fsp3) is 0.667. The van der Waals surface area contributed by atoms with Crippen LogP contribution in [0.15, 0.2) is 12.1 Å². The lowest BCUT2D eigenvalue weighted by molar-refractivity contribution is 0.0578. The third kappa shape index (κ3) is 8.92. The van der Waals surface area contributed by atoms with Crippen LogP contribution >= 0.6 is 11.6 Å². The first-order chi connectivity index (χ1) is 11.3. The molecule has 1 aromatic heterocycles. The van der Waals surface area contributed by atoms with Crippen LogP contribution in [0.25, 0.3) is 0 Å². The van der Waals surface area contributed by atoms with E-state index in [1.54, 1.807) is 17.9 Å². The topological polar surface area (TPSA) is 62.7 Å². The number of aliphatic hydroxyl groups excluding tert-OH is 1. The van der Waals surface area contributed by atoms with Crippen molar-refractivity contribution in [2.75, 3.05) is 20.7 Å². The number of halogens is 1. The van der Waals surface area contributed by atoms with Gasteiger partial charge in [-0.2, -0.15) is 0 Å². The molecule has 1 rings (SSSR count). The van der Waals surface area contributed by atoms with E-state index in [4.69, 9.17) is 21.1 Å². The molecule has 0 saturated heterocycles. The van der Waals surface area contributed by atoms with Gasteiger partial charge in [0.25, 0.3) is 0 Å². The molecular formula is C18H33ClN2O3Si. The van der Waals surface area contributed by atoms with E-state index in [-0.39, 0.29) is 11.3 Å². The molecule has 0 spiro atoms. The maximum absolute atomic E-state index is 10.9. The molecule has 0 aromatic carbocycles. The van der Waals surface area contributed by atoms with Crippen LogP contribution in [0.3, 0.4) is 0 Å². The van der Waals surface area contributed by atoms with Crippen LogP contribution in [0.2, 0.25) is 23.3 Å². The van der Waals surface area contributed by atoms with Crippen molar-refractivity contribution in [2.45, 2.75) is 58.5 Å². The van der Waals surface area contributed by atoms with Crippen molar-refractivity contribution in [2.24, 2.45) is 0 Å². The SMILES string of the molecule is CC(C)(C)[Si](C)(C)OCCc1ccc(Cl)nc1C=O.CC(O)N(C)C. The monoisotopic (exact) mass is 388 g/mol. The van der Waals surface area contributed by atoms with E-state index >= 15 is 0 Å². The van der Waals surface area contributed by atoms with E-state index in [0.29, 0.717) is 23.9 Å². The molecule has 1 heterocycles. The fourth-order valence-electron chi connectivity index (χ4n) is 1.42. The number of hydrogen-bond acceptors (Lipinski definition) is 5. The highest BCUT2D eigenvalue weighted by molar-refractivity contribution is 6.74. The average molecular weight is 389 g/mol. The fourth-order valence-corrected chi connectivity index (χ4v) is 2.62. The zero-order chi connectivity index (χ0) is 19.8. The summed E-state index contributed by atoms with van der Waals surface area (Å²) >= 11 is 5.77. The summed E-state index contributed by atoms with van der Waals surface area (Å²) in [7, 11) is 1.92. The molecule has 1 aromatic rings. The molecule has 144 valence electrons. The number of carbonyl (C=O) groups excluding carboxylic acids is 1. The second-order valence-electron chi connectivity index (χ2n) is 7.75. The highest BCUT2D eigenvalue weighted by Gasteiger charge is 2.36. The lowest BCUT2D eigenvalue weighted by atomic mass is 10.1. The smallest absolute Gasteiger partial charge is 0.191 e. The van der Waals surface area contributed by atoms with Gasteiger partial charge in [-0.3, -0.25) is 9.69 Å². The highest BCUT2D eigenvalue weighted by atomic mass is 35.5. The number of aliphatic hydroxyl groups is 1. The summed E-state index contributed by atoms with van der Waals surface area (Å²) in [5.41, 5.74) is 1.30. The van der Waals surface area contributed by atoms with Gasteiger partial charge in [0, 0.05) is 6.61 Å². The van der Waals surface area contributed by atoms with Crippen molar-refractivity contribution in [3.05, 3.63) is 28.5 Å². The van der Waals surface area contributed by atoms with Gasteiger partial charge < -0.3 is 9.53 Å². The Labute approximate surface area is 158 Å². The Balaban J connectivity index is 0.000000823. The summed E-state index contributed by atoms with van der Waals surface area (Å²) in [6, 6.07) is 3.55. The summed E-state index contributed by atoms with van der Waals surface area (Å²) in [5.74, 6) is 0. The molecule has 0 aliphatic heterocycles. The highest BCUT2D eigenvalue weighted by Crippen LogP contribution is 2.36. The molecule has 25 heavy (non-hydrogen) atoms. The lowest BCUT2D eigenvalue weighted by Crippen LogP contribution is -2.41.